The molecule has 4 fully saturated rings. The molecule has 19 heteroatoms. The van der Waals surface area contributed by atoms with Gasteiger partial charge in [0.1, 0.15) is 22.8 Å². The number of aryl methyl sites for hydroxylation is 2. The highest BCUT2D eigenvalue weighted by molar-refractivity contribution is 7.16. The maximum atomic E-state index is 13.7. The van der Waals surface area contributed by atoms with Gasteiger partial charge in [0.25, 0.3) is 0 Å². The van der Waals surface area contributed by atoms with Crippen molar-refractivity contribution in [1.82, 2.24) is 49.3 Å². The molecular formula is C48H59N13O5S. The first-order chi connectivity index (χ1) is 32.4. The second-order valence-electron chi connectivity index (χ2n) is 19.6. The van der Waals surface area contributed by atoms with Gasteiger partial charge in [-0.2, -0.15) is 10.2 Å². The van der Waals surface area contributed by atoms with Gasteiger partial charge in [-0.25, -0.2) is 14.8 Å². The summed E-state index contributed by atoms with van der Waals surface area (Å²) in [6.45, 7) is 11.5. The number of imide groups is 1. The molecule has 4 saturated heterocycles. The molecule has 3 amide bonds. The third kappa shape index (κ3) is 8.52. The van der Waals surface area contributed by atoms with E-state index in [1.807, 2.05) is 6.07 Å². The topological polar surface area (TPSA) is 218 Å². The summed E-state index contributed by atoms with van der Waals surface area (Å²) < 4.78 is 9.06. The summed E-state index contributed by atoms with van der Waals surface area (Å²) >= 11 is 1.48. The number of hydrogen-bond acceptors (Lipinski definition) is 15. The van der Waals surface area contributed by atoms with Gasteiger partial charge in [0.05, 0.1) is 28.6 Å². The minimum Gasteiger partial charge on any atom is -0.389 e. The largest absolute Gasteiger partial charge is 0.389 e. The predicted molar refractivity (Wildman–Crippen MR) is 252 cm³/mol. The van der Waals surface area contributed by atoms with Gasteiger partial charge in [0.2, 0.25) is 35.4 Å². The Morgan fingerprint density at radius 2 is 1.79 bits per heavy atom. The molecule has 5 aromatic rings. The Bertz CT molecular complexity index is 2810. The molecule has 5 aliphatic rings. The van der Waals surface area contributed by atoms with E-state index in [1.54, 1.807) is 28.4 Å². The van der Waals surface area contributed by atoms with Crippen LogP contribution in [0.2, 0.25) is 0 Å². The van der Waals surface area contributed by atoms with Crippen LogP contribution in [0.4, 0.5) is 10.9 Å². The number of amides is 3. The first-order valence-electron chi connectivity index (χ1n) is 23.9. The molecule has 3 N–H and O–H groups in total. The SMILES string of the molecule is C[C@H]1CN(CC(=O)N2CCC(CN3CCC(c4ccc5c(c4)n(C)c(=O)n5C4CCC(=O)NC4=O)CC3)CC2)CCCN1c1nccc(-c2noc([C@@]3(C)CCCc4sc(N)c(C#N)c43)n2)n1. The van der Waals surface area contributed by atoms with E-state index in [0.29, 0.717) is 65.3 Å². The number of hydrogen-bond donors (Lipinski definition) is 2. The molecule has 10 rings (SSSR count). The summed E-state index contributed by atoms with van der Waals surface area (Å²) in [5.41, 5.74) is 10.1. The molecule has 8 heterocycles. The molecular weight excluding hydrogens is 871 g/mol. The second kappa shape index (κ2) is 18.3. The lowest BCUT2D eigenvalue weighted by molar-refractivity contribution is -0.136. The molecule has 0 bridgehead atoms. The Labute approximate surface area is 393 Å². The molecule has 0 spiro atoms. The first-order valence-corrected chi connectivity index (χ1v) is 24.7. The summed E-state index contributed by atoms with van der Waals surface area (Å²) in [6, 6.07) is 9.65. The van der Waals surface area contributed by atoms with E-state index < -0.39 is 17.4 Å². The van der Waals surface area contributed by atoms with Crippen LogP contribution in [-0.2, 0) is 33.3 Å². The number of anilines is 2. The normalized spacial score (nSPS) is 23.9. The van der Waals surface area contributed by atoms with E-state index in [4.69, 9.17) is 20.2 Å². The maximum Gasteiger partial charge on any atom is 0.329 e. The van der Waals surface area contributed by atoms with Gasteiger partial charge in [-0.05, 0) is 120 Å². The number of nitriles is 1. The van der Waals surface area contributed by atoms with E-state index in [0.717, 1.165) is 119 Å². The minimum atomic E-state index is -0.688. The zero-order valence-corrected chi connectivity index (χ0v) is 39.4. The van der Waals surface area contributed by atoms with Crippen molar-refractivity contribution < 1.29 is 18.9 Å². The lowest BCUT2D eigenvalue weighted by Crippen LogP contribution is -2.47. The van der Waals surface area contributed by atoms with E-state index in [2.05, 4.69) is 67.1 Å². The molecule has 1 unspecified atom stereocenters. The third-order valence-corrected chi connectivity index (χ3v) is 16.3. The summed E-state index contributed by atoms with van der Waals surface area (Å²) in [7, 11) is 1.75. The molecule has 18 nitrogen and oxygen atoms in total. The highest BCUT2D eigenvalue weighted by atomic mass is 32.1. The van der Waals surface area contributed by atoms with Crippen LogP contribution in [0.3, 0.4) is 0 Å². The number of benzene rings is 1. The van der Waals surface area contributed by atoms with Crippen molar-refractivity contribution in [1.29, 1.82) is 5.26 Å². The number of nitrogens with one attached hydrogen (secondary N) is 1. The fourth-order valence-electron chi connectivity index (χ4n) is 11.5. The summed E-state index contributed by atoms with van der Waals surface area (Å²) in [6.07, 6.45) is 9.79. The monoisotopic (exact) mass is 929 g/mol. The number of imidazole rings is 1. The highest BCUT2D eigenvalue weighted by Crippen LogP contribution is 2.48. The molecule has 352 valence electrons. The molecule has 4 aromatic heterocycles. The molecule has 1 aromatic carbocycles. The van der Waals surface area contributed by atoms with Crippen molar-refractivity contribution in [3.8, 4) is 17.6 Å². The molecule has 4 aliphatic heterocycles. The van der Waals surface area contributed by atoms with Crippen LogP contribution in [-0.4, -0.2) is 127 Å². The Balaban J connectivity index is 0.694. The molecule has 1 aliphatic carbocycles. The van der Waals surface area contributed by atoms with Crippen molar-refractivity contribution in [2.75, 3.05) is 69.5 Å². The average Bonchev–Trinajstić information content (AvgIpc) is 3.99. The number of thiophene rings is 1. The number of piperidine rings is 3. The predicted octanol–water partition coefficient (Wildman–Crippen LogP) is 4.33. The Kier molecular flexibility index (Phi) is 12.2. The highest BCUT2D eigenvalue weighted by Gasteiger charge is 2.43. The van der Waals surface area contributed by atoms with Crippen LogP contribution in [0.1, 0.15) is 111 Å². The third-order valence-electron chi connectivity index (χ3n) is 15.2. The van der Waals surface area contributed by atoms with Gasteiger partial charge < -0.3 is 25.0 Å². The van der Waals surface area contributed by atoms with Gasteiger partial charge in [-0.15, -0.1) is 11.3 Å². The number of aromatic nitrogens is 6. The lowest BCUT2D eigenvalue weighted by Gasteiger charge is -2.38. The van der Waals surface area contributed by atoms with Crippen molar-refractivity contribution in [2.24, 2.45) is 13.0 Å². The lowest BCUT2D eigenvalue weighted by atomic mass is 9.72. The number of carbonyl (C=O) groups excluding carboxylic acids is 3. The zero-order valence-electron chi connectivity index (χ0n) is 38.6. The zero-order chi connectivity index (χ0) is 46.6. The fourth-order valence-corrected chi connectivity index (χ4v) is 12.7. The maximum absolute atomic E-state index is 13.7. The van der Waals surface area contributed by atoms with Gasteiger partial charge in [-0.3, -0.25) is 33.7 Å². The number of nitrogens with zero attached hydrogens (tertiary/aromatic N) is 11. The number of likely N-dealkylation sites (tertiary alicyclic amines) is 2. The fraction of sp³-hybridized carbons (Fsp3) is 0.562. The number of fused-ring (bicyclic) bond motifs is 2. The first kappa shape index (κ1) is 44.8. The second-order valence-corrected chi connectivity index (χ2v) is 20.7. The van der Waals surface area contributed by atoms with Crippen LogP contribution in [0, 0.1) is 17.2 Å². The quantitative estimate of drug-likeness (QED) is 0.197. The Morgan fingerprint density at radius 3 is 2.57 bits per heavy atom. The molecule has 0 radical (unpaired) electrons. The summed E-state index contributed by atoms with van der Waals surface area (Å²) in [5.74, 6) is 1.84. The number of rotatable bonds is 9. The van der Waals surface area contributed by atoms with Crippen LogP contribution in [0.25, 0.3) is 22.6 Å². The molecule has 3 atom stereocenters. The Morgan fingerprint density at radius 1 is 0.985 bits per heavy atom. The van der Waals surface area contributed by atoms with Gasteiger partial charge in [-0.1, -0.05) is 11.2 Å². The van der Waals surface area contributed by atoms with Crippen molar-refractivity contribution in [3.63, 3.8) is 0 Å². The number of nitrogens with two attached hydrogens (primary N) is 1. The van der Waals surface area contributed by atoms with E-state index in [1.165, 1.54) is 16.9 Å². The van der Waals surface area contributed by atoms with Gasteiger partial charge in [0, 0.05) is 75.4 Å². The smallest absolute Gasteiger partial charge is 0.329 e. The van der Waals surface area contributed by atoms with Crippen molar-refractivity contribution in [3.05, 3.63) is 68.4 Å². The van der Waals surface area contributed by atoms with Crippen LogP contribution in [0.15, 0.2) is 39.8 Å². The van der Waals surface area contributed by atoms with Crippen LogP contribution in [0.5, 0.6) is 0 Å². The van der Waals surface area contributed by atoms with Crippen LogP contribution >= 0.6 is 11.3 Å². The van der Waals surface area contributed by atoms with Crippen molar-refractivity contribution in [2.45, 2.75) is 101 Å². The number of carbonyl (C=O) groups is 3. The van der Waals surface area contributed by atoms with Gasteiger partial charge in [0.15, 0.2) is 0 Å². The molecule has 0 saturated carbocycles. The van der Waals surface area contributed by atoms with E-state index in [9.17, 15) is 24.4 Å². The van der Waals surface area contributed by atoms with Gasteiger partial charge >= 0.3 is 5.69 Å². The van der Waals surface area contributed by atoms with Crippen molar-refractivity contribution >= 4 is 51.0 Å². The Hall–Kier alpha value is -5.97. The summed E-state index contributed by atoms with van der Waals surface area (Å²) in [4.78, 5) is 76.0. The number of nitrogen functional groups attached to an aromatic ring is 1. The molecule has 67 heavy (non-hydrogen) atoms. The summed E-state index contributed by atoms with van der Waals surface area (Å²) in [5, 5.41) is 17.2. The van der Waals surface area contributed by atoms with E-state index >= 15 is 0 Å². The van der Waals surface area contributed by atoms with E-state index in [-0.39, 0.29) is 30.0 Å². The standard InChI is InChI=1S/C48H59N13O5S/c1-29-26-58(18-5-19-60(29)46-51-17-11-34(52-46)43-54-45(66-55-43)48(2)16-4-6-38-41(48)33(25-49)42(50)67-38)28-40(63)59-22-12-30(13-23-59)27-57-20-14-31(15-21-57)32-7-8-35-37(24-32)56(3)47(65)61(35)36-9-10-39(62)53-44(36)64/h7-8,11,17,24,29-31,36H,4-6,9-10,12-16,18-23,26-28,50H2,1-3H3,(H,53,62,64)/t29-,36?,48-/m0/s1. The average molecular weight is 930 g/mol. The minimum absolute atomic E-state index is 0.0675. The van der Waals surface area contributed by atoms with Crippen LogP contribution < -0.4 is 21.6 Å².